The zero-order chi connectivity index (χ0) is 34.1. The monoisotopic (exact) mass is 642 g/mol. The second-order valence-electron chi connectivity index (χ2n) is 10.1. The fraction of sp³-hybridized carbons (Fsp3) is 0.500. The van der Waals surface area contributed by atoms with Crippen molar-refractivity contribution in [2.75, 3.05) is 33.4 Å². The zero-order valence-electron chi connectivity index (χ0n) is 27.5. The summed E-state index contributed by atoms with van der Waals surface area (Å²) in [7, 11) is 1.19. The molecular formula is C36H54N2O8. The minimum Gasteiger partial charge on any atom is -0.466 e. The Bertz CT molecular complexity index is 1050. The van der Waals surface area contributed by atoms with Crippen LogP contribution in [-0.2, 0) is 28.7 Å². The van der Waals surface area contributed by atoms with Crippen molar-refractivity contribution in [2.45, 2.75) is 77.2 Å². The van der Waals surface area contributed by atoms with Crippen molar-refractivity contribution in [1.29, 1.82) is 0 Å². The number of nitrogens with one attached hydrogen (secondary N) is 2. The highest BCUT2D eigenvalue weighted by molar-refractivity contribution is 5.94. The van der Waals surface area contributed by atoms with Gasteiger partial charge < -0.3 is 30.3 Å². The maximum Gasteiger partial charge on any atom is 0.330 e. The van der Waals surface area contributed by atoms with Crippen LogP contribution >= 0.6 is 0 Å². The van der Waals surface area contributed by atoms with Crippen molar-refractivity contribution < 1.29 is 38.9 Å². The van der Waals surface area contributed by atoms with Crippen LogP contribution < -0.4 is 10.6 Å². The smallest absolute Gasteiger partial charge is 0.330 e. The zero-order valence-corrected chi connectivity index (χ0v) is 27.5. The molecule has 1 atom stereocenters. The summed E-state index contributed by atoms with van der Waals surface area (Å²) in [5.74, 6) is -2.72. The second kappa shape index (κ2) is 31.0. The molecule has 1 unspecified atom stereocenters. The summed E-state index contributed by atoms with van der Waals surface area (Å²) in [6, 6.07) is 0. The second-order valence-corrected chi connectivity index (χ2v) is 10.1. The van der Waals surface area contributed by atoms with Crippen LogP contribution in [0.4, 0.5) is 0 Å². The molecule has 0 aromatic heterocycles. The molecule has 0 saturated carbocycles. The van der Waals surface area contributed by atoms with Crippen molar-refractivity contribution in [2.24, 2.45) is 5.92 Å². The Labute approximate surface area is 274 Å². The van der Waals surface area contributed by atoms with E-state index in [0.29, 0.717) is 12.8 Å². The summed E-state index contributed by atoms with van der Waals surface area (Å²) >= 11 is 0. The Morgan fingerprint density at radius 3 is 1.63 bits per heavy atom. The molecule has 0 heterocycles. The van der Waals surface area contributed by atoms with E-state index in [1.165, 1.54) is 7.11 Å². The molecular weight excluding hydrogens is 588 g/mol. The minimum absolute atomic E-state index is 0.101. The molecule has 0 aliphatic rings. The van der Waals surface area contributed by atoms with Gasteiger partial charge in [0.05, 0.1) is 26.2 Å². The van der Waals surface area contributed by atoms with E-state index in [9.17, 15) is 29.4 Å². The first-order valence-corrected chi connectivity index (χ1v) is 16.0. The third-order valence-electron chi connectivity index (χ3n) is 6.34. The van der Waals surface area contributed by atoms with Gasteiger partial charge in [0.15, 0.2) is 0 Å². The first kappa shape index (κ1) is 42.0. The van der Waals surface area contributed by atoms with Gasteiger partial charge in [-0.25, -0.2) is 4.79 Å². The fourth-order valence-electron chi connectivity index (χ4n) is 3.74. The van der Waals surface area contributed by atoms with Crippen LogP contribution in [0.25, 0.3) is 0 Å². The van der Waals surface area contributed by atoms with Crippen molar-refractivity contribution >= 4 is 23.8 Å². The number of ether oxygens (including phenoxy) is 2. The lowest BCUT2D eigenvalue weighted by Gasteiger charge is -2.20. The van der Waals surface area contributed by atoms with Crippen LogP contribution in [0.3, 0.4) is 0 Å². The number of allylic oxidation sites excluding steroid dienone is 12. The van der Waals surface area contributed by atoms with Crippen molar-refractivity contribution in [1.82, 2.24) is 10.6 Å². The van der Waals surface area contributed by atoms with Crippen LogP contribution in [0.15, 0.2) is 85.1 Å². The normalized spacial score (nSPS) is 13.0. The highest BCUT2D eigenvalue weighted by Gasteiger charge is 2.23. The summed E-state index contributed by atoms with van der Waals surface area (Å²) < 4.78 is 9.55. The molecule has 10 nitrogen and oxygen atoms in total. The van der Waals surface area contributed by atoms with Gasteiger partial charge in [-0.15, -0.1) is 0 Å². The topological polar surface area (TPSA) is 151 Å². The van der Waals surface area contributed by atoms with E-state index >= 15 is 0 Å². The molecule has 256 valence electrons. The van der Waals surface area contributed by atoms with E-state index in [0.717, 1.165) is 50.7 Å². The molecule has 0 aliphatic heterocycles. The Morgan fingerprint density at radius 1 is 0.674 bits per heavy atom. The number of methoxy groups -OCH3 is 1. The Morgan fingerprint density at radius 2 is 1.15 bits per heavy atom. The third kappa shape index (κ3) is 26.4. The SMILES string of the molecule is CCC=CCC=CCC=CCC=CCC=CCC=CCCC(=O)NCCC(CCNC(=O)C=CC(=O)OC)C(=O)OC(CO)CO. The lowest BCUT2D eigenvalue weighted by atomic mass is 10.0. The predicted octanol–water partition coefficient (Wildman–Crippen LogP) is 4.72. The number of carbonyl (C=O) groups is 4. The number of hydrogen-bond acceptors (Lipinski definition) is 8. The van der Waals surface area contributed by atoms with E-state index in [-0.39, 0.29) is 31.8 Å². The van der Waals surface area contributed by atoms with Crippen LogP contribution in [0, 0.1) is 5.92 Å². The molecule has 0 aliphatic carbocycles. The maximum atomic E-state index is 12.6. The van der Waals surface area contributed by atoms with Gasteiger partial charge in [-0.3, -0.25) is 14.4 Å². The molecule has 0 spiro atoms. The van der Waals surface area contributed by atoms with Crippen molar-refractivity contribution in [3.05, 3.63) is 85.1 Å². The van der Waals surface area contributed by atoms with Gasteiger partial charge in [0, 0.05) is 31.7 Å². The molecule has 0 aromatic rings. The number of amides is 2. The average molecular weight is 643 g/mol. The largest absolute Gasteiger partial charge is 0.466 e. The molecule has 0 fully saturated rings. The van der Waals surface area contributed by atoms with Gasteiger partial charge in [0.25, 0.3) is 0 Å². The minimum atomic E-state index is -1.05. The highest BCUT2D eigenvalue weighted by Crippen LogP contribution is 2.12. The number of esters is 2. The van der Waals surface area contributed by atoms with E-state index in [1.807, 2.05) is 12.2 Å². The van der Waals surface area contributed by atoms with Gasteiger partial charge in [0.2, 0.25) is 11.8 Å². The molecule has 0 aromatic carbocycles. The summed E-state index contributed by atoms with van der Waals surface area (Å²) in [5.41, 5.74) is 0. The van der Waals surface area contributed by atoms with Gasteiger partial charge in [-0.2, -0.15) is 0 Å². The van der Waals surface area contributed by atoms with E-state index in [2.05, 4.69) is 83.1 Å². The lowest BCUT2D eigenvalue weighted by molar-refractivity contribution is -0.159. The number of hydrogen-bond donors (Lipinski definition) is 4. The molecule has 4 N–H and O–H groups in total. The predicted molar refractivity (Wildman–Crippen MR) is 181 cm³/mol. The standard InChI is InChI=1S/C36H54N2O8/c1-3-4-5-6-7-8-9-10-11-12-13-14-15-16-17-18-19-20-21-22-33(41)37-27-25-31(36(44)46-32(29-39)30-40)26-28-38-34(42)23-24-35(43)45-2/h4-5,7-8,10-11,13-14,16-17,19-20,23-24,31-32,39-40H,3,6,9,12,15,18,21-22,25-30H2,1-2H3,(H,37,41)(H,38,42). The van der Waals surface area contributed by atoms with Gasteiger partial charge >= 0.3 is 11.9 Å². The fourth-order valence-corrected chi connectivity index (χ4v) is 3.74. The summed E-state index contributed by atoms with van der Waals surface area (Å²) in [6.07, 6.45) is 33.4. The molecule has 0 saturated heterocycles. The third-order valence-corrected chi connectivity index (χ3v) is 6.34. The lowest BCUT2D eigenvalue weighted by Crippen LogP contribution is -2.34. The van der Waals surface area contributed by atoms with Gasteiger partial charge in [-0.1, -0.05) is 79.8 Å². The Balaban J connectivity index is 4.30. The summed E-state index contributed by atoms with van der Waals surface area (Å²) in [6.45, 7) is 1.38. The van der Waals surface area contributed by atoms with Crippen molar-refractivity contribution in [3.63, 3.8) is 0 Å². The molecule has 10 heteroatoms. The molecule has 0 rings (SSSR count). The number of carbonyl (C=O) groups excluding carboxylic acids is 4. The average Bonchev–Trinajstić information content (AvgIpc) is 3.06. The summed E-state index contributed by atoms with van der Waals surface area (Å²) in [4.78, 5) is 47.7. The molecule has 2 amide bonds. The van der Waals surface area contributed by atoms with E-state index in [4.69, 9.17) is 4.74 Å². The molecule has 46 heavy (non-hydrogen) atoms. The first-order valence-electron chi connectivity index (χ1n) is 16.0. The summed E-state index contributed by atoms with van der Waals surface area (Å²) in [5, 5.41) is 23.8. The number of aliphatic hydroxyl groups excluding tert-OH is 2. The molecule has 0 radical (unpaired) electrons. The van der Waals surface area contributed by atoms with Crippen molar-refractivity contribution in [3.8, 4) is 0 Å². The van der Waals surface area contributed by atoms with Gasteiger partial charge in [0.1, 0.15) is 6.10 Å². The quantitative estimate of drug-likeness (QED) is 0.0601. The van der Waals surface area contributed by atoms with Gasteiger partial charge in [-0.05, 0) is 57.8 Å². The van der Waals surface area contributed by atoms with Crippen LogP contribution in [0.2, 0.25) is 0 Å². The first-order chi connectivity index (χ1) is 22.4. The van der Waals surface area contributed by atoms with E-state index in [1.54, 1.807) is 0 Å². The Kier molecular flexibility index (Phi) is 28.3. The van der Waals surface area contributed by atoms with Crippen LogP contribution in [-0.4, -0.2) is 73.5 Å². The maximum absolute atomic E-state index is 12.6. The Hall–Kier alpha value is -4.02. The number of aliphatic hydroxyl groups is 2. The highest BCUT2D eigenvalue weighted by atomic mass is 16.6. The van der Waals surface area contributed by atoms with Crippen LogP contribution in [0.5, 0.6) is 0 Å². The number of rotatable bonds is 26. The van der Waals surface area contributed by atoms with Crippen LogP contribution in [0.1, 0.15) is 71.1 Å². The van der Waals surface area contributed by atoms with E-state index < -0.39 is 43.1 Å². The molecule has 0 bridgehead atoms.